The zero-order valence-corrected chi connectivity index (χ0v) is 13.7. The Balaban J connectivity index is 1.65. The third-order valence-corrected chi connectivity index (χ3v) is 4.26. The summed E-state index contributed by atoms with van der Waals surface area (Å²) < 4.78 is 77.2. The average molecular weight is 396 g/mol. The van der Waals surface area contributed by atoms with Crippen LogP contribution in [-0.4, -0.2) is 56.2 Å². The first-order valence-electron chi connectivity index (χ1n) is 7.93. The summed E-state index contributed by atoms with van der Waals surface area (Å²) in [6.45, 7) is 0.0888. The number of hydrogen-bond acceptors (Lipinski definition) is 5. The first-order chi connectivity index (χ1) is 12.6. The second-order valence-electron chi connectivity index (χ2n) is 6.11. The molecule has 1 amide bonds. The van der Waals surface area contributed by atoms with Crippen LogP contribution in [0.5, 0.6) is 0 Å². The number of piperidine rings is 1. The minimum absolute atomic E-state index is 0.0265. The Morgan fingerprint density at radius 3 is 2.44 bits per heavy atom. The van der Waals surface area contributed by atoms with Gasteiger partial charge in [-0.2, -0.15) is 40.9 Å². The molecule has 0 radical (unpaired) electrons. The third kappa shape index (κ3) is 4.22. The molecule has 2 aromatic rings. The normalized spacial score (nSPS) is 16.7. The van der Waals surface area contributed by atoms with Gasteiger partial charge in [0.15, 0.2) is 5.69 Å². The second kappa shape index (κ2) is 6.85. The van der Waals surface area contributed by atoms with Gasteiger partial charge >= 0.3 is 18.3 Å². The number of anilines is 1. The number of amides is 1. The summed E-state index contributed by atoms with van der Waals surface area (Å²) in [5, 5.41) is 6.63. The quantitative estimate of drug-likeness (QED) is 0.807. The van der Waals surface area contributed by atoms with Crippen LogP contribution in [0, 0.1) is 5.92 Å². The van der Waals surface area contributed by atoms with Gasteiger partial charge in [0.25, 0.3) is 5.78 Å². The topological polar surface area (TPSA) is 75.4 Å². The Kier molecular flexibility index (Phi) is 4.86. The highest BCUT2D eigenvalue weighted by atomic mass is 19.4. The van der Waals surface area contributed by atoms with Crippen molar-refractivity contribution in [3.63, 3.8) is 0 Å². The molecule has 148 valence electrons. The Morgan fingerprint density at radius 2 is 1.85 bits per heavy atom. The lowest BCUT2D eigenvalue weighted by Gasteiger charge is -2.32. The fourth-order valence-electron chi connectivity index (χ4n) is 2.85. The van der Waals surface area contributed by atoms with Crippen molar-refractivity contribution < 1.29 is 31.1 Å². The molecule has 1 N–H and O–H groups in total. The predicted molar refractivity (Wildman–Crippen MR) is 79.6 cm³/mol. The Labute approximate surface area is 148 Å². The summed E-state index contributed by atoms with van der Waals surface area (Å²) in [6.07, 6.45) is -7.91. The number of carbonyl (C=O) groups is 1. The molecule has 1 saturated heterocycles. The number of carbonyl (C=O) groups excluding carboxylic acids is 1. The first-order valence-corrected chi connectivity index (χ1v) is 7.93. The van der Waals surface area contributed by atoms with Crippen molar-refractivity contribution in [1.29, 1.82) is 0 Å². The van der Waals surface area contributed by atoms with E-state index in [1.807, 2.05) is 0 Å². The van der Waals surface area contributed by atoms with Gasteiger partial charge in [-0.05, 0) is 18.8 Å². The maximum absolute atomic E-state index is 12.9. The highest BCUT2D eigenvalue weighted by Gasteiger charge is 2.43. The fourth-order valence-corrected chi connectivity index (χ4v) is 2.85. The number of nitrogens with zero attached hydrogens (tertiary/aromatic N) is 5. The van der Waals surface area contributed by atoms with E-state index in [1.54, 1.807) is 0 Å². The highest BCUT2D eigenvalue weighted by Crippen LogP contribution is 2.30. The zero-order chi connectivity index (χ0) is 19.8. The Morgan fingerprint density at radius 1 is 1.19 bits per heavy atom. The Hall–Kier alpha value is -2.60. The van der Waals surface area contributed by atoms with Crippen LogP contribution in [-0.2, 0) is 11.0 Å². The molecule has 0 aromatic carbocycles. The maximum Gasteiger partial charge on any atom is 0.471 e. The molecule has 0 unspecified atom stereocenters. The van der Waals surface area contributed by atoms with Crippen molar-refractivity contribution in [2.75, 3.05) is 25.0 Å². The summed E-state index contributed by atoms with van der Waals surface area (Å²) in [7, 11) is 0. The van der Waals surface area contributed by atoms with Gasteiger partial charge in [0.2, 0.25) is 0 Å². The second-order valence-corrected chi connectivity index (χ2v) is 6.11. The molecule has 0 spiro atoms. The summed E-state index contributed by atoms with van der Waals surface area (Å²) in [4.78, 5) is 19.0. The van der Waals surface area contributed by atoms with Crippen molar-refractivity contribution >= 4 is 17.5 Å². The number of fused-ring (bicyclic) bond motifs is 1. The number of aromatic nitrogens is 4. The van der Waals surface area contributed by atoms with Crippen molar-refractivity contribution in [3.05, 3.63) is 18.1 Å². The van der Waals surface area contributed by atoms with E-state index in [9.17, 15) is 31.1 Å². The molecule has 1 fully saturated rings. The van der Waals surface area contributed by atoms with Gasteiger partial charge in [0.05, 0.1) is 0 Å². The van der Waals surface area contributed by atoms with E-state index in [-0.39, 0.29) is 37.1 Å². The Bertz CT molecular complexity index is 824. The molecule has 1 aliphatic heterocycles. The number of likely N-dealkylation sites (tertiary alicyclic amines) is 1. The SMILES string of the molecule is O=C(N1CCC(CNc2cc(C(F)(F)F)nc3ncnn23)CC1)C(F)(F)F. The van der Waals surface area contributed by atoms with Gasteiger partial charge in [-0.1, -0.05) is 0 Å². The smallest absolute Gasteiger partial charge is 0.370 e. The molecule has 13 heteroatoms. The molecule has 7 nitrogen and oxygen atoms in total. The van der Waals surface area contributed by atoms with Gasteiger partial charge in [-0.25, -0.2) is 4.98 Å². The van der Waals surface area contributed by atoms with Crippen LogP contribution < -0.4 is 5.32 Å². The predicted octanol–water partition coefficient (Wildman–Crippen LogP) is 2.36. The van der Waals surface area contributed by atoms with Gasteiger partial charge in [0.1, 0.15) is 12.1 Å². The third-order valence-electron chi connectivity index (χ3n) is 4.26. The molecule has 0 aliphatic carbocycles. The van der Waals surface area contributed by atoms with Crippen LogP contribution in [0.25, 0.3) is 5.78 Å². The van der Waals surface area contributed by atoms with Gasteiger partial charge in [0, 0.05) is 25.7 Å². The van der Waals surface area contributed by atoms with Crippen LogP contribution in [0.2, 0.25) is 0 Å². The van der Waals surface area contributed by atoms with Gasteiger partial charge in [-0.3, -0.25) is 4.79 Å². The number of nitrogens with one attached hydrogen (secondary N) is 1. The van der Waals surface area contributed by atoms with Crippen LogP contribution in [0.15, 0.2) is 12.4 Å². The number of hydrogen-bond donors (Lipinski definition) is 1. The van der Waals surface area contributed by atoms with Crippen molar-refractivity contribution in [1.82, 2.24) is 24.5 Å². The highest BCUT2D eigenvalue weighted by molar-refractivity contribution is 5.81. The summed E-state index contributed by atoms with van der Waals surface area (Å²) in [6, 6.07) is 0.796. The van der Waals surface area contributed by atoms with Crippen molar-refractivity contribution in [2.24, 2.45) is 5.92 Å². The number of rotatable bonds is 3. The van der Waals surface area contributed by atoms with E-state index in [0.717, 1.165) is 21.8 Å². The van der Waals surface area contributed by atoms with E-state index in [1.165, 1.54) is 0 Å². The first kappa shape index (κ1) is 19.2. The molecular weight excluding hydrogens is 382 g/mol. The van der Waals surface area contributed by atoms with E-state index in [4.69, 9.17) is 0 Å². The minimum atomic E-state index is -4.91. The van der Waals surface area contributed by atoms with Crippen LogP contribution in [0.3, 0.4) is 0 Å². The molecule has 3 heterocycles. The molecule has 0 saturated carbocycles. The maximum atomic E-state index is 12.9. The molecular formula is C14H14F6N6O. The van der Waals surface area contributed by atoms with E-state index < -0.39 is 24.0 Å². The summed E-state index contributed by atoms with van der Waals surface area (Å²) in [5.74, 6) is -2.18. The molecule has 1 aliphatic rings. The molecule has 0 atom stereocenters. The monoisotopic (exact) mass is 396 g/mol. The summed E-state index contributed by atoms with van der Waals surface area (Å²) in [5.41, 5.74) is -1.13. The van der Waals surface area contributed by atoms with E-state index >= 15 is 0 Å². The number of halogens is 6. The van der Waals surface area contributed by atoms with E-state index in [2.05, 4.69) is 20.4 Å². The van der Waals surface area contributed by atoms with Crippen LogP contribution in [0.1, 0.15) is 18.5 Å². The molecule has 27 heavy (non-hydrogen) atoms. The summed E-state index contributed by atoms with van der Waals surface area (Å²) >= 11 is 0. The molecule has 2 aromatic heterocycles. The lowest BCUT2D eigenvalue weighted by molar-refractivity contribution is -0.186. The van der Waals surface area contributed by atoms with Gasteiger partial charge < -0.3 is 10.2 Å². The zero-order valence-electron chi connectivity index (χ0n) is 13.7. The number of alkyl halides is 6. The van der Waals surface area contributed by atoms with Crippen molar-refractivity contribution in [2.45, 2.75) is 25.2 Å². The fraction of sp³-hybridized carbons (Fsp3) is 0.571. The molecule has 3 rings (SSSR count). The molecule has 0 bridgehead atoms. The van der Waals surface area contributed by atoms with E-state index in [0.29, 0.717) is 12.8 Å². The van der Waals surface area contributed by atoms with Crippen molar-refractivity contribution in [3.8, 4) is 0 Å². The van der Waals surface area contributed by atoms with Crippen LogP contribution >= 0.6 is 0 Å². The lowest BCUT2D eigenvalue weighted by Crippen LogP contribution is -2.46. The van der Waals surface area contributed by atoms with Crippen LogP contribution in [0.4, 0.5) is 32.2 Å². The standard InChI is InChI=1S/C14H14F6N6O/c15-13(16,17)9-5-10(26-12(24-9)22-7-23-26)21-6-8-1-3-25(4-2-8)11(27)14(18,19)20/h5,7-8,21H,1-4,6H2. The average Bonchev–Trinajstić information content (AvgIpc) is 3.06. The minimum Gasteiger partial charge on any atom is -0.370 e. The largest absolute Gasteiger partial charge is 0.471 e. The lowest BCUT2D eigenvalue weighted by atomic mass is 9.96. The van der Waals surface area contributed by atoms with Gasteiger partial charge in [-0.15, -0.1) is 0 Å².